The first-order valence-electron chi connectivity index (χ1n) is 20.7. The van der Waals surface area contributed by atoms with E-state index < -0.39 is 29.0 Å². The van der Waals surface area contributed by atoms with E-state index in [9.17, 15) is 24.0 Å². The molecule has 3 amide bonds. The van der Waals surface area contributed by atoms with Crippen molar-refractivity contribution < 1.29 is 28.7 Å². The minimum atomic E-state index is -0.600. The molecule has 12 heteroatoms. The minimum Gasteiger partial charge on any atom is -0.444 e. The standard InChI is InChI=1S/C23H31N3O4.C22H31N3O2/c1-15(2)26-14-18(17-8-6-7-9-19(17)26)20(27)21(28)24-16-10-12-25(13-11-16)22(29)30-23(3,4)5;1-4-5-12-24-13-10-17(11-14-24)23-22(27)21(26)19-15-25(16(2)3)20-9-7-6-8-18(19)20/h6-9,14-16H,10-13H2,1-5H3,(H,24,28);6-9,15-17H,4-5,10-14H2,1-3H3,(H,23,27). The number of benzene rings is 2. The van der Waals surface area contributed by atoms with Gasteiger partial charge >= 0.3 is 6.09 Å². The molecule has 2 aromatic carbocycles. The van der Waals surface area contributed by atoms with E-state index in [1.54, 1.807) is 11.1 Å². The molecule has 2 aromatic heterocycles. The molecule has 2 saturated heterocycles. The fraction of sp³-hybridized carbons (Fsp3) is 0.533. The molecule has 57 heavy (non-hydrogen) atoms. The highest BCUT2D eigenvalue weighted by Crippen LogP contribution is 2.27. The molecule has 0 bridgehead atoms. The van der Waals surface area contributed by atoms with E-state index in [2.05, 4.69) is 40.9 Å². The van der Waals surface area contributed by atoms with Crippen LogP contribution < -0.4 is 10.6 Å². The number of fused-ring (bicyclic) bond motifs is 2. The van der Waals surface area contributed by atoms with Gasteiger partial charge in [0, 0.05) is 84.5 Å². The first-order valence-corrected chi connectivity index (χ1v) is 20.7. The minimum absolute atomic E-state index is 0.0952. The smallest absolute Gasteiger partial charge is 0.410 e. The summed E-state index contributed by atoms with van der Waals surface area (Å²) in [6.45, 7) is 20.0. The summed E-state index contributed by atoms with van der Waals surface area (Å²) in [5.41, 5.74) is 2.31. The van der Waals surface area contributed by atoms with Crippen molar-refractivity contribution in [2.24, 2.45) is 0 Å². The third-order valence-corrected chi connectivity index (χ3v) is 10.7. The zero-order valence-electron chi connectivity index (χ0n) is 35.1. The molecule has 2 aliphatic rings. The summed E-state index contributed by atoms with van der Waals surface area (Å²) in [4.78, 5) is 67.3. The number of unbranched alkanes of at least 4 members (excludes halogenated alkanes) is 1. The Morgan fingerprint density at radius 3 is 1.51 bits per heavy atom. The van der Waals surface area contributed by atoms with Crippen molar-refractivity contribution >= 4 is 51.3 Å². The van der Waals surface area contributed by atoms with Crippen molar-refractivity contribution in [1.29, 1.82) is 0 Å². The predicted octanol–water partition coefficient (Wildman–Crippen LogP) is 7.71. The van der Waals surface area contributed by atoms with Crippen LogP contribution in [0.4, 0.5) is 4.79 Å². The van der Waals surface area contributed by atoms with Crippen LogP contribution in [-0.4, -0.2) is 98.8 Å². The monoisotopic (exact) mass is 782 g/mol. The summed E-state index contributed by atoms with van der Waals surface area (Å²) in [5, 5.41) is 7.46. The number of aromatic nitrogens is 2. The van der Waals surface area contributed by atoms with Crippen molar-refractivity contribution in [3.8, 4) is 0 Å². The molecule has 0 saturated carbocycles. The van der Waals surface area contributed by atoms with Crippen LogP contribution in [0, 0.1) is 0 Å². The van der Waals surface area contributed by atoms with Crippen LogP contribution in [0.1, 0.15) is 127 Å². The number of hydrogen-bond donors (Lipinski definition) is 2. The van der Waals surface area contributed by atoms with Gasteiger partial charge in [-0.2, -0.15) is 0 Å². The van der Waals surface area contributed by atoms with Crippen LogP contribution in [0.15, 0.2) is 60.9 Å². The number of para-hydroxylation sites is 2. The summed E-state index contributed by atoms with van der Waals surface area (Å²) < 4.78 is 9.46. The average molecular weight is 783 g/mol. The largest absolute Gasteiger partial charge is 0.444 e. The second-order valence-electron chi connectivity index (χ2n) is 16.9. The van der Waals surface area contributed by atoms with Crippen LogP contribution in [0.2, 0.25) is 0 Å². The number of ether oxygens (including phenoxy) is 1. The van der Waals surface area contributed by atoms with E-state index in [0.717, 1.165) is 54.3 Å². The van der Waals surface area contributed by atoms with Crippen LogP contribution in [0.3, 0.4) is 0 Å². The number of nitrogens with one attached hydrogen (secondary N) is 2. The van der Waals surface area contributed by atoms with Crippen molar-refractivity contribution in [3.63, 3.8) is 0 Å². The molecule has 0 aliphatic carbocycles. The van der Waals surface area contributed by atoms with Gasteiger partial charge in [-0.25, -0.2) is 4.79 Å². The van der Waals surface area contributed by atoms with Crippen LogP contribution in [0.25, 0.3) is 21.8 Å². The highest BCUT2D eigenvalue weighted by atomic mass is 16.6. The maximum Gasteiger partial charge on any atom is 0.410 e. The average Bonchev–Trinajstić information content (AvgIpc) is 3.77. The quantitative estimate of drug-likeness (QED) is 0.118. The number of piperidine rings is 2. The fourth-order valence-corrected chi connectivity index (χ4v) is 7.59. The van der Waals surface area contributed by atoms with Crippen LogP contribution in [0.5, 0.6) is 0 Å². The molecular formula is C45H62N6O6. The number of hydrogen-bond acceptors (Lipinski definition) is 7. The Balaban J connectivity index is 0.000000219. The zero-order chi connectivity index (χ0) is 41.4. The molecule has 0 spiro atoms. The number of ketones is 2. The van der Waals surface area contributed by atoms with Gasteiger partial charge in [0.2, 0.25) is 0 Å². The third kappa shape index (κ3) is 10.9. The fourth-order valence-electron chi connectivity index (χ4n) is 7.59. The Morgan fingerprint density at radius 1 is 0.684 bits per heavy atom. The van der Waals surface area contributed by atoms with Crippen molar-refractivity contribution in [1.82, 2.24) is 29.6 Å². The van der Waals surface area contributed by atoms with Gasteiger partial charge in [-0.3, -0.25) is 19.2 Å². The molecule has 0 unspecified atom stereocenters. The van der Waals surface area contributed by atoms with E-state index in [-0.39, 0.29) is 30.3 Å². The van der Waals surface area contributed by atoms with Crippen molar-refractivity contribution in [2.45, 2.75) is 124 Å². The van der Waals surface area contributed by atoms with E-state index >= 15 is 0 Å². The Morgan fingerprint density at radius 2 is 1.11 bits per heavy atom. The van der Waals surface area contributed by atoms with Crippen LogP contribution in [-0.2, 0) is 14.3 Å². The summed E-state index contributed by atoms with van der Waals surface area (Å²) in [7, 11) is 0. The lowest BCUT2D eigenvalue weighted by Gasteiger charge is -2.33. The predicted molar refractivity (Wildman–Crippen MR) is 225 cm³/mol. The van der Waals surface area contributed by atoms with Gasteiger partial charge in [0.25, 0.3) is 23.4 Å². The maximum atomic E-state index is 12.9. The lowest BCUT2D eigenvalue weighted by molar-refractivity contribution is -0.118. The topological polar surface area (TPSA) is 135 Å². The van der Waals surface area contributed by atoms with Gasteiger partial charge in [0.05, 0.1) is 11.1 Å². The molecule has 2 aliphatic heterocycles. The van der Waals surface area contributed by atoms with Crippen molar-refractivity contribution in [3.05, 3.63) is 72.1 Å². The van der Waals surface area contributed by atoms with Crippen LogP contribution >= 0.6 is 0 Å². The Labute approximate surface area is 337 Å². The first kappa shape index (κ1) is 43.2. The number of carbonyl (C=O) groups excluding carboxylic acids is 5. The molecule has 0 atom stereocenters. The van der Waals surface area contributed by atoms with Gasteiger partial charge in [-0.05, 0) is 99.2 Å². The molecule has 6 rings (SSSR count). The Bertz CT molecular complexity index is 2040. The molecule has 2 N–H and O–H groups in total. The SMILES string of the molecule is CC(C)n1cc(C(=O)C(=O)NC2CCN(C(=O)OC(C)(C)C)CC2)c2ccccc21.CCCCN1CCC(NC(=O)C(=O)c2cn(C(C)C)c3ccccc23)CC1. The number of carbonyl (C=O) groups is 5. The molecule has 0 radical (unpaired) electrons. The summed E-state index contributed by atoms with van der Waals surface area (Å²) in [6, 6.07) is 15.8. The van der Waals surface area contributed by atoms with E-state index in [1.807, 2.05) is 93.9 Å². The number of nitrogens with zero attached hydrogens (tertiary/aromatic N) is 4. The normalized spacial score (nSPS) is 15.8. The zero-order valence-corrected chi connectivity index (χ0v) is 35.1. The van der Waals surface area contributed by atoms with Gasteiger partial charge in [0.1, 0.15) is 5.60 Å². The lowest BCUT2D eigenvalue weighted by Crippen LogP contribution is -2.49. The number of amides is 3. The van der Waals surface area contributed by atoms with Gasteiger partial charge in [-0.15, -0.1) is 0 Å². The molecule has 308 valence electrons. The van der Waals surface area contributed by atoms with Crippen molar-refractivity contribution in [2.75, 3.05) is 32.7 Å². The van der Waals surface area contributed by atoms with Gasteiger partial charge in [-0.1, -0.05) is 49.7 Å². The van der Waals surface area contributed by atoms with Gasteiger partial charge < -0.3 is 34.3 Å². The number of likely N-dealkylation sites (tertiary alicyclic amines) is 2. The highest BCUT2D eigenvalue weighted by molar-refractivity contribution is 6.45. The maximum absolute atomic E-state index is 12.9. The van der Waals surface area contributed by atoms with E-state index in [0.29, 0.717) is 37.1 Å². The first-order chi connectivity index (χ1) is 27.1. The molecule has 2 fully saturated rings. The van der Waals surface area contributed by atoms with Gasteiger partial charge in [0.15, 0.2) is 0 Å². The van der Waals surface area contributed by atoms with E-state index in [1.165, 1.54) is 12.8 Å². The molecule has 12 nitrogen and oxygen atoms in total. The third-order valence-electron chi connectivity index (χ3n) is 10.7. The summed E-state index contributed by atoms with van der Waals surface area (Å²) >= 11 is 0. The lowest BCUT2D eigenvalue weighted by atomic mass is 10.0. The van der Waals surface area contributed by atoms with E-state index in [4.69, 9.17) is 4.74 Å². The summed E-state index contributed by atoms with van der Waals surface area (Å²) in [6.07, 6.45) is 8.67. The molecule has 4 heterocycles. The second-order valence-corrected chi connectivity index (χ2v) is 16.9. The Hall–Kier alpha value is -4.97. The number of rotatable bonds is 11. The summed E-state index contributed by atoms with van der Waals surface area (Å²) in [5.74, 6) is -2.04. The molecular weight excluding hydrogens is 721 g/mol. The molecule has 4 aromatic rings. The second kappa shape index (κ2) is 19.0. The Kier molecular flexibility index (Phi) is 14.4. The number of Topliss-reactive ketones (excluding diaryl/α,β-unsaturated/α-hetero) is 2. The highest BCUT2D eigenvalue weighted by Gasteiger charge is 2.30.